The molecule has 2 aromatic rings. The minimum absolute atomic E-state index is 0.100. The van der Waals surface area contributed by atoms with Gasteiger partial charge in [-0.2, -0.15) is 9.41 Å². The quantitative estimate of drug-likeness (QED) is 0.629. The number of benzene rings is 2. The van der Waals surface area contributed by atoms with Gasteiger partial charge in [0.05, 0.1) is 17.7 Å². The van der Waals surface area contributed by atoms with E-state index in [4.69, 9.17) is 0 Å². The summed E-state index contributed by atoms with van der Waals surface area (Å²) < 4.78 is 39.1. The van der Waals surface area contributed by atoms with E-state index in [9.17, 15) is 17.6 Å². The van der Waals surface area contributed by atoms with E-state index in [1.165, 1.54) is 37.4 Å². The molecule has 0 saturated carbocycles. The number of halogens is 1. The second-order valence-corrected chi connectivity index (χ2v) is 7.43. The fraction of sp³-hybridized carbons (Fsp3) is 0.176. The van der Waals surface area contributed by atoms with E-state index in [1.807, 2.05) is 6.92 Å². The van der Waals surface area contributed by atoms with Gasteiger partial charge in [0.15, 0.2) is 0 Å². The third-order valence-electron chi connectivity index (χ3n) is 3.39. The molecule has 2 rings (SSSR count). The van der Waals surface area contributed by atoms with Crippen molar-refractivity contribution >= 4 is 22.1 Å². The number of rotatable bonds is 6. The first-order valence-electron chi connectivity index (χ1n) is 7.40. The monoisotopic (exact) mass is 363 g/mol. The second kappa shape index (κ2) is 8.00. The Kier molecular flexibility index (Phi) is 6.00. The lowest BCUT2D eigenvalue weighted by molar-refractivity contribution is -0.121. The zero-order chi connectivity index (χ0) is 18.4. The highest BCUT2D eigenvalue weighted by Crippen LogP contribution is 2.14. The Morgan fingerprint density at radius 1 is 1.20 bits per heavy atom. The van der Waals surface area contributed by atoms with Crippen LogP contribution in [0.5, 0.6) is 0 Å². The average molecular weight is 363 g/mol. The Morgan fingerprint density at radius 2 is 1.84 bits per heavy atom. The molecule has 2 aromatic carbocycles. The standard InChI is InChI=1S/C17H18FN3O3S/c1-13-7-9-15(10-8-13)25(23,24)21(2)12-17(22)20-19-11-14-5-3-4-6-16(14)18/h3-11H,12H2,1-2H3,(H,20,22)/b19-11+. The molecular formula is C17H18FN3O3S. The molecule has 25 heavy (non-hydrogen) atoms. The zero-order valence-electron chi connectivity index (χ0n) is 13.8. The minimum atomic E-state index is -3.77. The number of aryl methyl sites for hydroxylation is 1. The van der Waals surface area contributed by atoms with Gasteiger partial charge < -0.3 is 0 Å². The van der Waals surface area contributed by atoms with Crippen LogP contribution >= 0.6 is 0 Å². The second-order valence-electron chi connectivity index (χ2n) is 5.39. The summed E-state index contributed by atoms with van der Waals surface area (Å²) >= 11 is 0. The minimum Gasteiger partial charge on any atom is -0.272 e. The maximum Gasteiger partial charge on any atom is 0.255 e. The first kappa shape index (κ1) is 18.8. The normalized spacial score (nSPS) is 11.8. The van der Waals surface area contributed by atoms with Crippen molar-refractivity contribution in [2.45, 2.75) is 11.8 Å². The first-order chi connectivity index (χ1) is 11.8. The van der Waals surface area contributed by atoms with Gasteiger partial charge in [0.2, 0.25) is 10.0 Å². The zero-order valence-corrected chi connectivity index (χ0v) is 14.6. The molecule has 0 radical (unpaired) electrons. The molecule has 0 aliphatic heterocycles. The van der Waals surface area contributed by atoms with Crippen LogP contribution in [0.2, 0.25) is 0 Å². The number of amides is 1. The smallest absolute Gasteiger partial charge is 0.255 e. The summed E-state index contributed by atoms with van der Waals surface area (Å²) in [6.07, 6.45) is 1.15. The molecule has 1 N–H and O–H groups in total. The number of hydrogen-bond acceptors (Lipinski definition) is 4. The fourth-order valence-corrected chi connectivity index (χ4v) is 3.09. The molecule has 0 atom stereocenters. The molecule has 0 heterocycles. The third kappa shape index (κ3) is 4.94. The Bertz CT molecular complexity index is 880. The van der Waals surface area contributed by atoms with Crippen LogP contribution in [-0.2, 0) is 14.8 Å². The predicted molar refractivity (Wildman–Crippen MR) is 93.1 cm³/mol. The van der Waals surface area contributed by atoms with E-state index in [2.05, 4.69) is 10.5 Å². The van der Waals surface area contributed by atoms with Crippen LogP contribution in [0.1, 0.15) is 11.1 Å². The Balaban J connectivity index is 1.97. The van der Waals surface area contributed by atoms with E-state index >= 15 is 0 Å². The van der Waals surface area contributed by atoms with Crippen molar-refractivity contribution in [2.24, 2.45) is 5.10 Å². The average Bonchev–Trinajstić information content (AvgIpc) is 2.57. The fourth-order valence-electron chi connectivity index (χ4n) is 1.97. The molecule has 0 spiro atoms. The van der Waals surface area contributed by atoms with Crippen molar-refractivity contribution in [3.05, 3.63) is 65.5 Å². The molecule has 0 bridgehead atoms. The van der Waals surface area contributed by atoms with Gasteiger partial charge in [-0.15, -0.1) is 0 Å². The highest BCUT2D eigenvalue weighted by atomic mass is 32.2. The van der Waals surface area contributed by atoms with Gasteiger partial charge in [0, 0.05) is 12.6 Å². The predicted octanol–water partition coefficient (Wildman–Crippen LogP) is 1.90. The van der Waals surface area contributed by atoms with Crippen molar-refractivity contribution in [3.63, 3.8) is 0 Å². The van der Waals surface area contributed by atoms with E-state index in [0.717, 1.165) is 16.1 Å². The van der Waals surface area contributed by atoms with Gasteiger partial charge in [-0.25, -0.2) is 18.2 Å². The van der Waals surface area contributed by atoms with Gasteiger partial charge in [0.25, 0.3) is 5.91 Å². The Labute approximate surface area is 146 Å². The Morgan fingerprint density at radius 3 is 2.48 bits per heavy atom. The maximum absolute atomic E-state index is 13.4. The number of nitrogens with zero attached hydrogens (tertiary/aromatic N) is 2. The summed E-state index contributed by atoms with van der Waals surface area (Å²) in [5, 5.41) is 3.64. The highest BCUT2D eigenvalue weighted by Gasteiger charge is 2.22. The van der Waals surface area contributed by atoms with Gasteiger partial charge >= 0.3 is 0 Å². The van der Waals surface area contributed by atoms with E-state index in [1.54, 1.807) is 18.2 Å². The highest BCUT2D eigenvalue weighted by molar-refractivity contribution is 7.89. The summed E-state index contributed by atoms with van der Waals surface area (Å²) in [4.78, 5) is 11.9. The molecule has 1 amide bonds. The summed E-state index contributed by atoms with van der Waals surface area (Å²) in [6, 6.07) is 12.3. The molecule has 0 fully saturated rings. The van der Waals surface area contributed by atoms with Crippen LogP contribution in [-0.4, -0.2) is 38.4 Å². The molecule has 8 heteroatoms. The van der Waals surface area contributed by atoms with Gasteiger partial charge in [-0.3, -0.25) is 4.79 Å². The number of sulfonamides is 1. The number of hydrogen-bond donors (Lipinski definition) is 1. The van der Waals surface area contributed by atoms with E-state index in [-0.39, 0.29) is 10.5 Å². The van der Waals surface area contributed by atoms with Crippen molar-refractivity contribution in [2.75, 3.05) is 13.6 Å². The first-order valence-corrected chi connectivity index (χ1v) is 8.84. The van der Waals surface area contributed by atoms with Crippen LogP contribution in [0.15, 0.2) is 58.5 Å². The number of likely N-dealkylation sites (N-methyl/N-ethyl adjacent to an activating group) is 1. The molecule has 132 valence electrons. The number of hydrazone groups is 1. The van der Waals surface area contributed by atoms with Crippen molar-refractivity contribution in [1.29, 1.82) is 0 Å². The third-order valence-corrected chi connectivity index (χ3v) is 5.21. The summed E-state index contributed by atoms with van der Waals surface area (Å²) in [7, 11) is -2.47. The van der Waals surface area contributed by atoms with Gasteiger partial charge in [-0.1, -0.05) is 35.9 Å². The molecule has 0 aromatic heterocycles. The lowest BCUT2D eigenvalue weighted by atomic mass is 10.2. The maximum atomic E-state index is 13.4. The summed E-state index contributed by atoms with van der Waals surface area (Å²) in [6.45, 7) is 1.44. The largest absolute Gasteiger partial charge is 0.272 e. The van der Waals surface area contributed by atoms with Crippen molar-refractivity contribution in [3.8, 4) is 0 Å². The molecule has 0 unspecified atom stereocenters. The number of carbonyl (C=O) groups is 1. The number of nitrogens with one attached hydrogen (secondary N) is 1. The van der Waals surface area contributed by atoms with Crippen LogP contribution in [0.25, 0.3) is 0 Å². The van der Waals surface area contributed by atoms with Gasteiger partial charge in [0.1, 0.15) is 5.82 Å². The molecule has 0 aliphatic carbocycles. The van der Waals surface area contributed by atoms with Gasteiger partial charge in [-0.05, 0) is 25.1 Å². The molecule has 0 saturated heterocycles. The van der Waals surface area contributed by atoms with Crippen molar-refractivity contribution < 1.29 is 17.6 Å². The van der Waals surface area contributed by atoms with Crippen LogP contribution in [0, 0.1) is 12.7 Å². The van der Waals surface area contributed by atoms with Crippen LogP contribution < -0.4 is 5.43 Å². The van der Waals surface area contributed by atoms with Crippen LogP contribution in [0.4, 0.5) is 4.39 Å². The van der Waals surface area contributed by atoms with Crippen LogP contribution in [0.3, 0.4) is 0 Å². The topological polar surface area (TPSA) is 78.8 Å². The SMILES string of the molecule is Cc1ccc(S(=O)(=O)N(C)CC(=O)N/N=C/c2ccccc2F)cc1. The summed E-state index contributed by atoms with van der Waals surface area (Å²) in [5.74, 6) is -1.11. The molecule has 0 aliphatic rings. The Hall–Kier alpha value is -2.58. The molecular weight excluding hydrogens is 345 g/mol. The van der Waals surface area contributed by atoms with E-state index in [0.29, 0.717) is 0 Å². The lowest BCUT2D eigenvalue weighted by Crippen LogP contribution is -2.36. The summed E-state index contributed by atoms with van der Waals surface area (Å²) in [5.41, 5.74) is 3.32. The lowest BCUT2D eigenvalue weighted by Gasteiger charge is -2.16. The number of carbonyl (C=O) groups excluding carboxylic acids is 1. The van der Waals surface area contributed by atoms with Crippen molar-refractivity contribution in [1.82, 2.24) is 9.73 Å². The molecule has 6 nitrogen and oxygen atoms in total. The van der Waals surface area contributed by atoms with E-state index < -0.39 is 28.3 Å².